The molecule has 208 valence electrons. The SMILES string of the molecule is Cn1c(=O)n(CCCO)c(=O)c2c1nc(C(O)c1cccc(OC(F)(F)F)c1)n2Cc1ccc(I2CC2)cc1. The Balaban J connectivity index is 1.65. The first-order valence-corrected chi connectivity index (χ1v) is 16.3. The standard InChI is InChI=1S/C26H26F3IN4O5/c1-32-22-20(24(37)33(25(32)38)12-3-13-35)34(15-16-6-8-18(9-7-16)30-10-11-30)23(31-22)21(36)17-4-2-5-19(14-17)39-26(27,28)29/h2,4-9,14,21,35-36H,3,10-13,15H2,1H3. The van der Waals surface area contributed by atoms with Gasteiger partial charge in [0.1, 0.15) is 0 Å². The van der Waals surface area contributed by atoms with Crippen LogP contribution < -0.4 is 16.0 Å². The quantitative estimate of drug-likeness (QED) is 0.212. The summed E-state index contributed by atoms with van der Waals surface area (Å²) in [5.74, 6) is -0.524. The van der Waals surface area contributed by atoms with Gasteiger partial charge < -0.3 is 5.11 Å². The average Bonchev–Trinajstić information content (AvgIpc) is 3.68. The molecule has 9 nitrogen and oxygen atoms in total. The van der Waals surface area contributed by atoms with E-state index in [0.717, 1.165) is 22.3 Å². The van der Waals surface area contributed by atoms with Crippen LogP contribution in [0.5, 0.6) is 5.75 Å². The third-order valence-corrected chi connectivity index (χ3v) is 11.0. The summed E-state index contributed by atoms with van der Waals surface area (Å²) in [5, 5.41) is 20.6. The number of aromatic nitrogens is 4. The van der Waals surface area contributed by atoms with E-state index in [2.05, 4.69) is 21.9 Å². The molecule has 3 heterocycles. The van der Waals surface area contributed by atoms with Crippen LogP contribution in [-0.2, 0) is 20.1 Å². The molecule has 5 rings (SSSR count). The van der Waals surface area contributed by atoms with Crippen LogP contribution in [0.4, 0.5) is 13.2 Å². The van der Waals surface area contributed by atoms with Crippen molar-refractivity contribution in [3.8, 4) is 5.75 Å². The number of hydrogen-bond donors (Lipinski definition) is 2. The van der Waals surface area contributed by atoms with Crippen LogP contribution in [0.25, 0.3) is 11.2 Å². The number of rotatable bonds is 9. The van der Waals surface area contributed by atoms with E-state index >= 15 is 0 Å². The van der Waals surface area contributed by atoms with Crippen molar-refractivity contribution in [2.24, 2.45) is 7.05 Å². The van der Waals surface area contributed by atoms with E-state index in [1.54, 1.807) is 0 Å². The van der Waals surface area contributed by atoms with Gasteiger partial charge in [0.05, 0.1) is 0 Å². The third-order valence-electron chi connectivity index (χ3n) is 6.39. The fourth-order valence-corrected chi connectivity index (χ4v) is 8.61. The van der Waals surface area contributed by atoms with Crippen molar-refractivity contribution in [1.82, 2.24) is 18.7 Å². The summed E-state index contributed by atoms with van der Waals surface area (Å²) in [6, 6.07) is 13.0. The van der Waals surface area contributed by atoms with Gasteiger partial charge in [-0.2, -0.15) is 0 Å². The summed E-state index contributed by atoms with van der Waals surface area (Å²) in [5.41, 5.74) is -0.280. The van der Waals surface area contributed by atoms with E-state index < -0.39 is 49.3 Å². The molecule has 1 aliphatic heterocycles. The van der Waals surface area contributed by atoms with Gasteiger partial charge >= 0.3 is 210 Å². The van der Waals surface area contributed by atoms with E-state index in [1.165, 1.54) is 40.7 Å². The minimum atomic E-state index is -4.91. The second-order valence-electron chi connectivity index (χ2n) is 9.09. The maximum absolute atomic E-state index is 13.5. The van der Waals surface area contributed by atoms with Gasteiger partial charge in [-0.3, -0.25) is 0 Å². The second-order valence-corrected chi connectivity index (χ2v) is 15.1. The van der Waals surface area contributed by atoms with Gasteiger partial charge in [0.2, 0.25) is 0 Å². The van der Waals surface area contributed by atoms with Crippen LogP contribution in [-0.4, -0.2) is 50.7 Å². The first-order chi connectivity index (χ1) is 18.6. The van der Waals surface area contributed by atoms with Gasteiger partial charge in [-0.25, -0.2) is 0 Å². The molecule has 1 fully saturated rings. The Hall–Kier alpha value is -3.17. The molecule has 13 heteroatoms. The molecule has 1 saturated heterocycles. The molecule has 0 radical (unpaired) electrons. The molecule has 0 saturated carbocycles. The normalized spacial score (nSPS) is 15.1. The molecule has 2 aromatic carbocycles. The number of halogens is 4. The number of aliphatic hydroxyl groups excluding tert-OH is 2. The van der Waals surface area contributed by atoms with Crippen LogP contribution in [0.2, 0.25) is 0 Å². The molecule has 0 bridgehead atoms. The van der Waals surface area contributed by atoms with Crippen molar-refractivity contribution in [2.45, 2.75) is 32.0 Å². The Morgan fingerprint density at radius 3 is 2.46 bits per heavy atom. The summed E-state index contributed by atoms with van der Waals surface area (Å²) in [4.78, 5) is 30.9. The number of aliphatic hydroxyl groups is 2. The van der Waals surface area contributed by atoms with Gasteiger partial charge in [0.15, 0.2) is 0 Å². The first kappa shape index (κ1) is 27.4. The Morgan fingerprint density at radius 2 is 1.82 bits per heavy atom. The number of alkyl halides is 5. The van der Waals surface area contributed by atoms with Gasteiger partial charge in [-0.1, -0.05) is 0 Å². The van der Waals surface area contributed by atoms with Crippen molar-refractivity contribution in [3.05, 3.63) is 89.9 Å². The predicted molar refractivity (Wildman–Crippen MR) is 146 cm³/mol. The van der Waals surface area contributed by atoms with Crippen LogP contribution in [0.1, 0.15) is 29.5 Å². The van der Waals surface area contributed by atoms with Crippen molar-refractivity contribution in [1.29, 1.82) is 0 Å². The van der Waals surface area contributed by atoms with E-state index in [4.69, 9.17) is 0 Å². The molecule has 1 atom stereocenters. The van der Waals surface area contributed by atoms with Crippen LogP contribution in [0, 0.1) is 3.57 Å². The number of aryl methyl sites for hydroxylation is 1. The maximum atomic E-state index is 13.5. The fraction of sp³-hybridized carbons (Fsp3) is 0.346. The van der Waals surface area contributed by atoms with Crippen LogP contribution in [0.15, 0.2) is 58.1 Å². The fourth-order valence-electron chi connectivity index (χ4n) is 4.42. The first-order valence-electron chi connectivity index (χ1n) is 12.1. The molecule has 0 aliphatic carbocycles. The molecule has 4 aromatic rings. The summed E-state index contributed by atoms with van der Waals surface area (Å²) < 4.78 is 50.0. The summed E-state index contributed by atoms with van der Waals surface area (Å²) >= 11 is -0.974. The van der Waals surface area contributed by atoms with Gasteiger partial charge in [-0.05, 0) is 0 Å². The van der Waals surface area contributed by atoms with Crippen LogP contribution in [0.3, 0.4) is 0 Å². The zero-order chi connectivity index (χ0) is 27.9. The summed E-state index contributed by atoms with van der Waals surface area (Å²) in [7, 11) is 1.44. The third kappa shape index (κ3) is 5.75. The van der Waals surface area contributed by atoms with Crippen molar-refractivity contribution in [3.63, 3.8) is 0 Å². The molecule has 1 aliphatic rings. The number of hydrogen-bond acceptors (Lipinski definition) is 6. The zero-order valence-corrected chi connectivity index (χ0v) is 23.0. The van der Waals surface area contributed by atoms with E-state index in [-0.39, 0.29) is 48.7 Å². The summed E-state index contributed by atoms with van der Waals surface area (Å²) in [6.07, 6.45) is -6.26. The Labute approximate surface area is 227 Å². The van der Waals surface area contributed by atoms with Crippen molar-refractivity contribution >= 4 is 31.0 Å². The average molecular weight is 658 g/mol. The topological polar surface area (TPSA) is 112 Å². The predicted octanol–water partition coefficient (Wildman–Crippen LogP) is 3.00. The van der Waals surface area contributed by atoms with Gasteiger partial charge in [0.25, 0.3) is 0 Å². The Kier molecular flexibility index (Phi) is 7.57. The molecule has 1 unspecified atom stereocenters. The Bertz CT molecular complexity index is 1620. The monoisotopic (exact) mass is 658 g/mol. The number of ether oxygens (including phenoxy) is 1. The molecule has 39 heavy (non-hydrogen) atoms. The minimum absolute atomic E-state index is 0.0111. The molecular weight excluding hydrogens is 632 g/mol. The van der Waals surface area contributed by atoms with Crippen molar-refractivity contribution in [2.75, 3.05) is 15.5 Å². The Morgan fingerprint density at radius 1 is 1.10 bits per heavy atom. The number of fused-ring (bicyclic) bond motifs is 1. The molecular formula is C26H26F3IN4O5. The van der Waals surface area contributed by atoms with Crippen LogP contribution >= 0.6 is 19.8 Å². The van der Waals surface area contributed by atoms with Gasteiger partial charge in [-0.15, -0.1) is 13.2 Å². The number of imidazole rings is 1. The van der Waals surface area contributed by atoms with E-state index in [0.29, 0.717) is 0 Å². The molecule has 0 spiro atoms. The van der Waals surface area contributed by atoms with E-state index in [1.807, 2.05) is 12.1 Å². The zero-order valence-electron chi connectivity index (χ0n) is 20.9. The van der Waals surface area contributed by atoms with Gasteiger partial charge in [0, 0.05) is 0 Å². The molecule has 0 amide bonds. The number of benzene rings is 2. The van der Waals surface area contributed by atoms with E-state index in [9.17, 15) is 33.0 Å². The van der Waals surface area contributed by atoms with Crippen molar-refractivity contribution < 1.29 is 28.1 Å². The second kappa shape index (κ2) is 10.8. The summed E-state index contributed by atoms with van der Waals surface area (Å²) in [6.45, 7) is -0.104. The number of nitrogens with zero attached hydrogens (tertiary/aromatic N) is 4. The molecule has 2 N–H and O–H groups in total. The molecule has 2 aromatic heterocycles.